The Morgan fingerprint density at radius 2 is 2.22 bits per heavy atom. The molecule has 1 aromatic rings. The highest BCUT2D eigenvalue weighted by atomic mass is 19.1. The lowest BCUT2D eigenvalue weighted by molar-refractivity contribution is -0.0246. The van der Waals surface area contributed by atoms with Crippen LogP contribution in [0, 0.1) is 17.7 Å². The van der Waals surface area contributed by atoms with Crippen LogP contribution >= 0.6 is 0 Å². The lowest BCUT2D eigenvalue weighted by Gasteiger charge is -2.38. The maximum absolute atomic E-state index is 13.3. The molecule has 18 heavy (non-hydrogen) atoms. The van der Waals surface area contributed by atoms with Crippen molar-refractivity contribution in [1.29, 1.82) is 0 Å². The molecule has 1 N–H and O–H groups in total. The van der Waals surface area contributed by atoms with Crippen molar-refractivity contribution in [2.45, 2.75) is 51.6 Å². The third-order valence-corrected chi connectivity index (χ3v) is 4.00. The minimum atomic E-state index is -0.820. The maximum atomic E-state index is 13.3. The van der Waals surface area contributed by atoms with E-state index in [-0.39, 0.29) is 5.82 Å². The Hall–Kier alpha value is -0.890. The van der Waals surface area contributed by atoms with E-state index in [2.05, 4.69) is 13.8 Å². The zero-order valence-electron chi connectivity index (χ0n) is 11.3. The van der Waals surface area contributed by atoms with Crippen LogP contribution in [0.4, 0.5) is 4.39 Å². The summed E-state index contributed by atoms with van der Waals surface area (Å²) in [6.45, 7) is 4.44. The van der Waals surface area contributed by atoms with Gasteiger partial charge in [0.2, 0.25) is 0 Å². The van der Waals surface area contributed by atoms with Gasteiger partial charge in [0.25, 0.3) is 0 Å². The molecule has 0 amide bonds. The van der Waals surface area contributed by atoms with Gasteiger partial charge in [0, 0.05) is 0 Å². The maximum Gasteiger partial charge on any atom is 0.123 e. The predicted octanol–water partition coefficient (Wildman–Crippen LogP) is 4.25. The minimum Gasteiger partial charge on any atom is -0.385 e. The highest BCUT2D eigenvalue weighted by molar-refractivity contribution is 5.24. The Kier molecular flexibility index (Phi) is 4.06. The number of halogens is 1. The zero-order valence-corrected chi connectivity index (χ0v) is 11.3. The second-order valence-electron chi connectivity index (χ2n) is 6.13. The summed E-state index contributed by atoms with van der Waals surface area (Å²) in [6.07, 6.45) is 4.90. The van der Waals surface area contributed by atoms with Crippen molar-refractivity contribution in [3.63, 3.8) is 0 Å². The number of hydrogen-bond donors (Lipinski definition) is 1. The monoisotopic (exact) mass is 250 g/mol. The second-order valence-corrected chi connectivity index (χ2v) is 6.13. The Morgan fingerprint density at radius 1 is 1.44 bits per heavy atom. The van der Waals surface area contributed by atoms with Crippen LogP contribution in [-0.4, -0.2) is 5.11 Å². The Balaban J connectivity index is 2.15. The fourth-order valence-electron chi connectivity index (χ4n) is 3.27. The molecule has 100 valence electrons. The van der Waals surface area contributed by atoms with E-state index in [9.17, 15) is 9.50 Å². The molecule has 2 atom stereocenters. The summed E-state index contributed by atoms with van der Waals surface area (Å²) in [5, 5.41) is 10.8. The molecule has 1 saturated carbocycles. The molecule has 0 aromatic heterocycles. The van der Waals surface area contributed by atoms with Crippen molar-refractivity contribution in [2.75, 3.05) is 0 Å². The average molecular weight is 250 g/mol. The first-order valence-electron chi connectivity index (χ1n) is 6.98. The van der Waals surface area contributed by atoms with Crippen molar-refractivity contribution in [3.05, 3.63) is 35.6 Å². The lowest BCUT2D eigenvalue weighted by Crippen LogP contribution is -2.33. The molecule has 2 unspecified atom stereocenters. The number of aliphatic hydroxyl groups is 1. The van der Waals surface area contributed by atoms with Crippen molar-refractivity contribution in [2.24, 2.45) is 11.8 Å². The van der Waals surface area contributed by atoms with E-state index < -0.39 is 5.60 Å². The van der Waals surface area contributed by atoms with Crippen molar-refractivity contribution >= 4 is 0 Å². The molecule has 0 heterocycles. The quantitative estimate of drug-likeness (QED) is 0.850. The zero-order chi connectivity index (χ0) is 13.2. The largest absolute Gasteiger partial charge is 0.385 e. The van der Waals surface area contributed by atoms with Gasteiger partial charge in [-0.25, -0.2) is 4.39 Å². The van der Waals surface area contributed by atoms with E-state index in [1.54, 1.807) is 6.07 Å². The second kappa shape index (κ2) is 5.40. The molecule has 1 fully saturated rings. The highest BCUT2D eigenvalue weighted by Crippen LogP contribution is 2.42. The van der Waals surface area contributed by atoms with Gasteiger partial charge in [0.05, 0.1) is 5.60 Å². The van der Waals surface area contributed by atoms with Crippen LogP contribution in [-0.2, 0) is 5.60 Å². The summed E-state index contributed by atoms with van der Waals surface area (Å²) in [7, 11) is 0. The highest BCUT2D eigenvalue weighted by Gasteiger charge is 2.36. The Labute approximate surface area is 109 Å². The molecule has 1 nitrogen and oxygen atoms in total. The van der Waals surface area contributed by atoms with Crippen molar-refractivity contribution in [1.82, 2.24) is 0 Å². The summed E-state index contributed by atoms with van der Waals surface area (Å²) in [4.78, 5) is 0. The topological polar surface area (TPSA) is 20.2 Å². The predicted molar refractivity (Wildman–Crippen MR) is 71.7 cm³/mol. The molecule has 2 rings (SSSR count). The van der Waals surface area contributed by atoms with Gasteiger partial charge in [-0.2, -0.15) is 0 Å². The summed E-state index contributed by atoms with van der Waals surface area (Å²) in [5.41, 5.74) is -0.0733. The van der Waals surface area contributed by atoms with Crippen LogP contribution in [0.5, 0.6) is 0 Å². The van der Waals surface area contributed by atoms with Gasteiger partial charge >= 0.3 is 0 Å². The standard InChI is InChI=1S/C16H23FO/c1-12(2)9-13-5-4-8-16(18,11-13)14-6-3-7-15(17)10-14/h3,6-7,10,12-13,18H,4-5,8-9,11H2,1-2H3. The van der Waals surface area contributed by atoms with Crippen molar-refractivity contribution < 1.29 is 9.50 Å². The Bertz CT molecular complexity index is 402. The van der Waals surface area contributed by atoms with Crippen LogP contribution in [0.3, 0.4) is 0 Å². The van der Waals surface area contributed by atoms with E-state index in [1.807, 2.05) is 6.07 Å². The van der Waals surface area contributed by atoms with Gasteiger partial charge in [-0.1, -0.05) is 32.4 Å². The normalized spacial score (nSPS) is 28.6. The molecule has 1 aromatic carbocycles. The van der Waals surface area contributed by atoms with Crippen LogP contribution < -0.4 is 0 Å². The molecule has 1 aliphatic carbocycles. The molecule has 2 heteroatoms. The van der Waals surface area contributed by atoms with E-state index in [4.69, 9.17) is 0 Å². The SMILES string of the molecule is CC(C)CC1CCCC(O)(c2cccc(F)c2)C1. The van der Waals surface area contributed by atoms with Crippen LogP contribution in [0.15, 0.2) is 24.3 Å². The van der Waals surface area contributed by atoms with E-state index in [0.29, 0.717) is 11.8 Å². The van der Waals surface area contributed by atoms with Gasteiger partial charge in [0.1, 0.15) is 5.82 Å². The van der Waals surface area contributed by atoms with Crippen molar-refractivity contribution in [3.8, 4) is 0 Å². The molecule has 0 bridgehead atoms. The van der Waals surface area contributed by atoms with Crippen LogP contribution in [0.2, 0.25) is 0 Å². The molecule has 0 aliphatic heterocycles. The van der Waals surface area contributed by atoms with Gasteiger partial charge in [-0.3, -0.25) is 0 Å². The van der Waals surface area contributed by atoms with Gasteiger partial charge in [-0.05, 0) is 55.2 Å². The summed E-state index contributed by atoms with van der Waals surface area (Å²) < 4.78 is 13.3. The summed E-state index contributed by atoms with van der Waals surface area (Å²) in [5.74, 6) is 0.962. The molecule has 0 saturated heterocycles. The lowest BCUT2D eigenvalue weighted by atomic mass is 9.72. The third-order valence-electron chi connectivity index (χ3n) is 4.00. The van der Waals surface area contributed by atoms with E-state index in [0.717, 1.165) is 31.2 Å². The molecule has 1 aliphatic rings. The third kappa shape index (κ3) is 3.11. The molecule has 0 radical (unpaired) electrons. The first kappa shape index (κ1) is 13.5. The fourth-order valence-corrected chi connectivity index (χ4v) is 3.27. The van der Waals surface area contributed by atoms with E-state index in [1.165, 1.54) is 18.6 Å². The molecular weight excluding hydrogens is 227 g/mol. The van der Waals surface area contributed by atoms with E-state index >= 15 is 0 Å². The fraction of sp³-hybridized carbons (Fsp3) is 0.625. The summed E-state index contributed by atoms with van der Waals surface area (Å²) >= 11 is 0. The Morgan fingerprint density at radius 3 is 2.89 bits per heavy atom. The number of hydrogen-bond acceptors (Lipinski definition) is 1. The van der Waals surface area contributed by atoms with Crippen LogP contribution in [0.1, 0.15) is 51.5 Å². The summed E-state index contributed by atoms with van der Waals surface area (Å²) in [6, 6.07) is 6.45. The molecular formula is C16H23FO. The smallest absolute Gasteiger partial charge is 0.123 e. The van der Waals surface area contributed by atoms with Gasteiger partial charge in [0.15, 0.2) is 0 Å². The molecule has 0 spiro atoms. The minimum absolute atomic E-state index is 0.257. The van der Waals surface area contributed by atoms with Gasteiger partial charge < -0.3 is 5.11 Å². The number of rotatable bonds is 3. The first-order valence-corrected chi connectivity index (χ1v) is 6.98. The van der Waals surface area contributed by atoms with Gasteiger partial charge in [-0.15, -0.1) is 0 Å². The van der Waals surface area contributed by atoms with Crippen LogP contribution in [0.25, 0.3) is 0 Å². The first-order chi connectivity index (χ1) is 8.49. The average Bonchev–Trinajstić information content (AvgIpc) is 2.28. The number of benzene rings is 1.